The summed E-state index contributed by atoms with van der Waals surface area (Å²) < 4.78 is 0. The SMILES string of the molecule is Cc1cc(O)ccc1N=Cc1sc(N=Nc2ccc(N(CCO)CCO)cc2)nc1Cl. The molecule has 1 heterocycles. The van der Waals surface area contributed by atoms with Crippen LogP contribution in [0.3, 0.4) is 0 Å². The first kappa shape index (κ1) is 22.8. The van der Waals surface area contributed by atoms with Gasteiger partial charge in [0, 0.05) is 25.0 Å². The topological polar surface area (TPSA) is 114 Å². The number of nitrogens with zero attached hydrogens (tertiary/aromatic N) is 5. The van der Waals surface area contributed by atoms with Gasteiger partial charge in [-0.2, -0.15) is 0 Å². The first-order valence-corrected chi connectivity index (χ1v) is 10.7. The van der Waals surface area contributed by atoms with E-state index in [0.29, 0.717) is 28.8 Å². The van der Waals surface area contributed by atoms with Crippen molar-refractivity contribution in [1.29, 1.82) is 0 Å². The first-order chi connectivity index (χ1) is 15.0. The van der Waals surface area contributed by atoms with Crippen molar-refractivity contribution in [2.24, 2.45) is 15.2 Å². The average molecular weight is 460 g/mol. The maximum Gasteiger partial charge on any atom is 0.232 e. The van der Waals surface area contributed by atoms with Crippen LogP contribution in [0, 0.1) is 6.92 Å². The lowest BCUT2D eigenvalue weighted by molar-refractivity contribution is 0.281. The molecular weight excluding hydrogens is 438 g/mol. The maximum absolute atomic E-state index is 9.49. The third-order valence-corrected chi connectivity index (χ3v) is 5.58. The molecule has 10 heteroatoms. The van der Waals surface area contributed by atoms with Crippen molar-refractivity contribution in [3.05, 3.63) is 58.1 Å². The quantitative estimate of drug-likeness (QED) is 0.315. The van der Waals surface area contributed by atoms with Crippen LogP contribution in [0.5, 0.6) is 5.75 Å². The smallest absolute Gasteiger partial charge is 0.232 e. The molecular formula is C21H22ClN5O3S. The molecule has 0 amide bonds. The molecule has 0 atom stereocenters. The number of thiazole rings is 1. The highest BCUT2D eigenvalue weighted by Gasteiger charge is 2.08. The molecule has 0 spiro atoms. The Morgan fingerprint density at radius 3 is 2.42 bits per heavy atom. The Hall–Kier alpha value is -2.85. The van der Waals surface area contributed by atoms with Crippen LogP contribution < -0.4 is 4.90 Å². The van der Waals surface area contributed by atoms with Crippen molar-refractivity contribution in [1.82, 2.24) is 4.98 Å². The van der Waals surface area contributed by atoms with Crippen LogP contribution in [0.25, 0.3) is 0 Å². The highest BCUT2D eigenvalue weighted by atomic mass is 35.5. The van der Waals surface area contributed by atoms with Crippen molar-refractivity contribution in [2.45, 2.75) is 6.92 Å². The van der Waals surface area contributed by atoms with Crippen molar-refractivity contribution in [3.63, 3.8) is 0 Å². The van der Waals surface area contributed by atoms with E-state index in [4.69, 9.17) is 21.8 Å². The summed E-state index contributed by atoms with van der Waals surface area (Å²) in [5.74, 6) is 0.192. The van der Waals surface area contributed by atoms with Gasteiger partial charge in [-0.3, -0.25) is 4.99 Å². The zero-order chi connectivity index (χ0) is 22.2. The van der Waals surface area contributed by atoms with Crippen molar-refractivity contribution >= 4 is 51.3 Å². The maximum atomic E-state index is 9.49. The van der Waals surface area contributed by atoms with Crippen molar-refractivity contribution in [3.8, 4) is 5.75 Å². The van der Waals surface area contributed by atoms with E-state index in [1.54, 1.807) is 36.5 Å². The van der Waals surface area contributed by atoms with E-state index >= 15 is 0 Å². The molecule has 3 N–H and O–H groups in total. The highest BCUT2D eigenvalue weighted by Crippen LogP contribution is 2.30. The largest absolute Gasteiger partial charge is 0.508 e. The number of aliphatic imine (C=N–C) groups is 1. The number of azo groups is 1. The number of phenols is 1. The number of aliphatic hydroxyl groups excluding tert-OH is 2. The number of hydrogen-bond acceptors (Lipinski definition) is 9. The number of hydrogen-bond donors (Lipinski definition) is 3. The van der Waals surface area contributed by atoms with Gasteiger partial charge in [-0.25, -0.2) is 4.98 Å². The minimum Gasteiger partial charge on any atom is -0.508 e. The Morgan fingerprint density at radius 1 is 1.06 bits per heavy atom. The predicted molar refractivity (Wildman–Crippen MR) is 124 cm³/mol. The fourth-order valence-corrected chi connectivity index (χ4v) is 3.72. The lowest BCUT2D eigenvalue weighted by atomic mass is 10.2. The molecule has 8 nitrogen and oxygen atoms in total. The summed E-state index contributed by atoms with van der Waals surface area (Å²) >= 11 is 7.46. The Balaban J connectivity index is 1.70. The van der Waals surface area contributed by atoms with Gasteiger partial charge >= 0.3 is 0 Å². The molecule has 0 saturated carbocycles. The van der Waals surface area contributed by atoms with E-state index in [1.807, 2.05) is 24.0 Å². The van der Waals surface area contributed by atoms with Gasteiger partial charge in [0.15, 0.2) is 5.15 Å². The predicted octanol–water partition coefficient (Wildman–Crippen LogP) is 4.77. The second kappa shape index (κ2) is 11.0. The molecule has 162 valence electrons. The first-order valence-electron chi connectivity index (χ1n) is 9.48. The standard InChI is InChI=1S/C21H22ClN5O3S/c1-14-12-17(30)6-7-18(14)23-13-19-20(22)24-21(31-19)26-25-15-2-4-16(5-3-15)27(8-10-28)9-11-29/h2-7,12-13,28-30H,8-11H2,1H3. The van der Waals surface area contributed by atoms with E-state index in [0.717, 1.165) is 16.9 Å². The molecule has 2 aromatic carbocycles. The summed E-state index contributed by atoms with van der Waals surface area (Å²) in [6.45, 7) is 2.74. The number of halogens is 1. The molecule has 0 bridgehead atoms. The lowest BCUT2D eigenvalue weighted by Crippen LogP contribution is -2.29. The van der Waals surface area contributed by atoms with E-state index in [1.165, 1.54) is 11.3 Å². The molecule has 0 aliphatic rings. The number of rotatable bonds is 9. The van der Waals surface area contributed by atoms with Crippen LogP contribution in [-0.2, 0) is 0 Å². The van der Waals surface area contributed by atoms with Gasteiger partial charge < -0.3 is 20.2 Å². The normalized spacial score (nSPS) is 11.6. The Labute approximate surface area is 188 Å². The minimum absolute atomic E-state index is 0.00418. The Bertz CT molecular complexity index is 1060. The molecule has 0 radical (unpaired) electrons. The molecule has 0 aliphatic carbocycles. The second-order valence-corrected chi connectivity index (χ2v) is 7.90. The monoisotopic (exact) mass is 459 g/mol. The van der Waals surface area contributed by atoms with Gasteiger partial charge in [0.1, 0.15) is 5.75 Å². The molecule has 3 rings (SSSR count). The van der Waals surface area contributed by atoms with Gasteiger partial charge in [0.25, 0.3) is 0 Å². The van der Waals surface area contributed by atoms with E-state index in [9.17, 15) is 5.11 Å². The fourth-order valence-electron chi connectivity index (χ4n) is 2.78. The van der Waals surface area contributed by atoms with Crippen LogP contribution in [0.1, 0.15) is 10.4 Å². The number of anilines is 1. The van der Waals surface area contributed by atoms with E-state index in [-0.39, 0.29) is 24.1 Å². The van der Waals surface area contributed by atoms with Crippen LogP contribution >= 0.6 is 22.9 Å². The van der Waals surface area contributed by atoms with Crippen LogP contribution in [0.2, 0.25) is 5.15 Å². The molecule has 0 saturated heterocycles. The summed E-state index contributed by atoms with van der Waals surface area (Å²) in [4.78, 5) is 11.1. The van der Waals surface area contributed by atoms with Crippen molar-refractivity contribution in [2.75, 3.05) is 31.2 Å². The van der Waals surface area contributed by atoms with Gasteiger partial charge in [0.05, 0.1) is 29.5 Å². The third kappa shape index (κ3) is 6.31. The van der Waals surface area contributed by atoms with Crippen molar-refractivity contribution < 1.29 is 15.3 Å². The molecule has 3 aromatic rings. The molecule has 0 aliphatic heterocycles. The zero-order valence-electron chi connectivity index (χ0n) is 16.8. The van der Waals surface area contributed by atoms with Gasteiger partial charge in [-0.1, -0.05) is 22.9 Å². The number of aliphatic hydroxyl groups is 2. The van der Waals surface area contributed by atoms with Gasteiger partial charge in [0.2, 0.25) is 5.13 Å². The number of aryl methyl sites for hydroxylation is 1. The minimum atomic E-state index is 0.00418. The molecule has 1 aromatic heterocycles. The van der Waals surface area contributed by atoms with Crippen LogP contribution in [0.4, 0.5) is 22.2 Å². The molecule has 0 unspecified atom stereocenters. The third-order valence-electron chi connectivity index (χ3n) is 4.31. The summed E-state index contributed by atoms with van der Waals surface area (Å²) in [5, 5.41) is 36.8. The number of benzene rings is 2. The molecule has 0 fully saturated rings. The second-order valence-electron chi connectivity index (χ2n) is 6.53. The molecule has 31 heavy (non-hydrogen) atoms. The van der Waals surface area contributed by atoms with E-state index in [2.05, 4.69) is 20.2 Å². The Morgan fingerprint density at radius 2 is 1.77 bits per heavy atom. The van der Waals surface area contributed by atoms with Gasteiger partial charge in [-0.15, -0.1) is 10.2 Å². The van der Waals surface area contributed by atoms with E-state index < -0.39 is 0 Å². The number of phenolic OH excluding ortho intramolecular Hbond substituents is 1. The van der Waals surface area contributed by atoms with Crippen LogP contribution in [0.15, 0.2) is 57.7 Å². The van der Waals surface area contributed by atoms with Crippen LogP contribution in [-0.4, -0.2) is 52.8 Å². The average Bonchev–Trinajstić information content (AvgIpc) is 3.11. The Kier molecular flexibility index (Phi) is 8.07. The summed E-state index contributed by atoms with van der Waals surface area (Å²) in [7, 11) is 0. The number of aromatic nitrogens is 1. The lowest BCUT2D eigenvalue weighted by Gasteiger charge is -2.22. The number of aromatic hydroxyl groups is 1. The summed E-state index contributed by atoms with van der Waals surface area (Å²) in [6.07, 6.45) is 1.62. The zero-order valence-corrected chi connectivity index (χ0v) is 18.4. The van der Waals surface area contributed by atoms with Gasteiger partial charge in [-0.05, 0) is 55.0 Å². The summed E-state index contributed by atoms with van der Waals surface area (Å²) in [5.41, 5.74) is 3.08. The fraction of sp³-hybridized carbons (Fsp3) is 0.238. The summed E-state index contributed by atoms with van der Waals surface area (Å²) in [6, 6.07) is 12.2. The highest BCUT2D eigenvalue weighted by molar-refractivity contribution is 7.17.